The Morgan fingerprint density at radius 3 is 1.44 bits per heavy atom. The molecule has 0 radical (unpaired) electrons. The Labute approximate surface area is 94.5 Å². The Morgan fingerprint density at radius 2 is 1.44 bits per heavy atom. The van der Waals surface area contributed by atoms with Gasteiger partial charge in [0.15, 0.2) is 5.96 Å². The van der Waals surface area contributed by atoms with Crippen molar-refractivity contribution in [3.63, 3.8) is 0 Å². The van der Waals surface area contributed by atoms with E-state index in [1.807, 2.05) is 0 Å². The average molecular weight is 266 g/mol. The van der Waals surface area contributed by atoms with Crippen LogP contribution in [-0.2, 0) is 10.4 Å². The zero-order valence-corrected chi connectivity index (χ0v) is 9.79. The predicted octanol–water partition coefficient (Wildman–Crippen LogP) is -2.72. The van der Waals surface area contributed by atoms with Gasteiger partial charge >= 0.3 is 10.4 Å². The van der Waals surface area contributed by atoms with E-state index in [1.54, 1.807) is 0 Å². The molecule has 0 atom stereocenters. The molecule has 0 spiro atoms. The number of hydrogen-bond acceptors (Lipinski definition) is 4. The second kappa shape index (κ2) is 19.6. The van der Waals surface area contributed by atoms with Crippen LogP contribution >= 0.6 is 0 Å². The van der Waals surface area contributed by atoms with Gasteiger partial charge in [0.05, 0.1) is 0 Å². The third-order valence-corrected chi connectivity index (χ3v) is 0.558. The zero-order chi connectivity index (χ0) is 12.2. The summed E-state index contributed by atoms with van der Waals surface area (Å²) in [6.45, 7) is 2.98. The van der Waals surface area contributed by atoms with E-state index in [9.17, 15) is 0 Å². The molecule has 0 aromatic rings. The highest BCUT2D eigenvalue weighted by atomic mass is 32.3. The molecule has 104 valence electrons. The summed E-state index contributed by atoms with van der Waals surface area (Å²) < 4.78 is 31.6. The lowest BCUT2D eigenvalue weighted by Gasteiger charge is -1.80. The second-order valence-electron chi connectivity index (χ2n) is 2.05. The van der Waals surface area contributed by atoms with Crippen molar-refractivity contribution in [2.24, 2.45) is 17.2 Å². The highest BCUT2D eigenvalue weighted by Crippen LogP contribution is 1.77. The topological polar surface area (TPSA) is 240 Å². The molecule has 0 aliphatic carbocycles. The molecular weight excluding hydrogens is 244 g/mol. The number of unbranched alkanes of at least 4 members (excludes halogenated alkanes) is 1. The first-order valence-electron chi connectivity index (χ1n) is 3.64. The molecule has 0 unspecified atom stereocenters. The fourth-order valence-corrected chi connectivity index (χ4v) is 0.204. The van der Waals surface area contributed by atoms with Crippen LogP contribution in [0.4, 0.5) is 0 Å². The molecular formula is C5H22N4O6S. The number of rotatable bonds is 2. The van der Waals surface area contributed by atoms with Crippen molar-refractivity contribution in [2.45, 2.75) is 19.8 Å². The van der Waals surface area contributed by atoms with Crippen molar-refractivity contribution in [1.29, 1.82) is 5.41 Å². The minimum absolute atomic E-state index is 0. The minimum Gasteiger partial charge on any atom is -0.412 e. The summed E-state index contributed by atoms with van der Waals surface area (Å²) in [5.74, 6) is -0.333. The molecule has 0 aromatic heterocycles. The van der Waals surface area contributed by atoms with E-state index < -0.39 is 10.4 Å². The van der Waals surface area contributed by atoms with E-state index >= 15 is 0 Å². The Kier molecular flexibility index (Phi) is 36.0. The van der Waals surface area contributed by atoms with Gasteiger partial charge in [-0.1, -0.05) is 13.3 Å². The Morgan fingerprint density at radius 1 is 1.25 bits per heavy atom. The highest BCUT2D eigenvalue weighted by molar-refractivity contribution is 7.79. The Balaban J connectivity index is -0.0000000358. The van der Waals surface area contributed by atoms with Gasteiger partial charge in [-0.2, -0.15) is 8.42 Å². The molecule has 11 heteroatoms. The maximum Gasteiger partial charge on any atom is 0.394 e. The van der Waals surface area contributed by atoms with Crippen molar-refractivity contribution in [3.8, 4) is 0 Å². The first kappa shape index (κ1) is 29.4. The Hall–Kier alpha value is -0.980. The van der Waals surface area contributed by atoms with Gasteiger partial charge in [-0.3, -0.25) is 14.5 Å². The second-order valence-corrected chi connectivity index (χ2v) is 2.94. The van der Waals surface area contributed by atoms with Gasteiger partial charge in [0.1, 0.15) is 0 Å². The molecule has 0 aliphatic heterocycles. The lowest BCUT2D eigenvalue weighted by Crippen LogP contribution is -2.20. The standard InChI is InChI=1S/C4H11N.CH5N3.H2O4S.2H2O/c1-2-3-4-5;2-1(3)4;1-5(2,3)4;;/h2-5H2,1H3;(H5,2,3,4);(H2,1,2,3,4);2*1H2. The van der Waals surface area contributed by atoms with Gasteiger partial charge in [-0.15, -0.1) is 0 Å². The average Bonchev–Trinajstić information content (AvgIpc) is 1.83. The van der Waals surface area contributed by atoms with Gasteiger partial charge in [-0.05, 0) is 13.0 Å². The first-order valence-corrected chi connectivity index (χ1v) is 5.04. The lowest BCUT2D eigenvalue weighted by molar-refractivity contribution is 0.381. The molecule has 0 amide bonds. The van der Waals surface area contributed by atoms with Crippen molar-refractivity contribution < 1.29 is 28.5 Å². The van der Waals surface area contributed by atoms with Crippen LogP contribution in [0.3, 0.4) is 0 Å². The van der Waals surface area contributed by atoms with Gasteiger partial charge < -0.3 is 28.2 Å². The molecule has 0 aliphatic rings. The third-order valence-electron chi connectivity index (χ3n) is 0.558. The van der Waals surface area contributed by atoms with Crippen LogP contribution in [-0.4, -0.2) is 41.0 Å². The lowest BCUT2D eigenvalue weighted by atomic mass is 10.3. The van der Waals surface area contributed by atoms with Crippen molar-refractivity contribution in [3.05, 3.63) is 0 Å². The molecule has 0 saturated carbocycles. The molecule has 16 heavy (non-hydrogen) atoms. The van der Waals surface area contributed by atoms with Crippen LogP contribution in [0, 0.1) is 5.41 Å². The number of nitrogens with one attached hydrogen (secondary N) is 1. The van der Waals surface area contributed by atoms with Crippen LogP contribution in [0.2, 0.25) is 0 Å². The summed E-state index contributed by atoms with van der Waals surface area (Å²) in [5.41, 5.74) is 14.1. The summed E-state index contributed by atoms with van der Waals surface area (Å²) in [4.78, 5) is 0. The maximum atomic E-state index is 8.74. The van der Waals surface area contributed by atoms with Crippen LogP contribution < -0.4 is 17.2 Å². The molecule has 0 aromatic carbocycles. The van der Waals surface area contributed by atoms with Crippen LogP contribution in [0.25, 0.3) is 0 Å². The van der Waals surface area contributed by atoms with Gasteiger partial charge in [0.2, 0.25) is 0 Å². The van der Waals surface area contributed by atoms with Gasteiger partial charge in [0.25, 0.3) is 0 Å². The van der Waals surface area contributed by atoms with E-state index in [0.717, 1.165) is 6.54 Å². The van der Waals surface area contributed by atoms with E-state index in [2.05, 4.69) is 18.4 Å². The molecule has 10 nitrogen and oxygen atoms in total. The van der Waals surface area contributed by atoms with Gasteiger partial charge in [0, 0.05) is 0 Å². The molecule has 13 N–H and O–H groups in total. The van der Waals surface area contributed by atoms with E-state index in [0.29, 0.717) is 0 Å². The van der Waals surface area contributed by atoms with E-state index in [1.165, 1.54) is 12.8 Å². The fraction of sp³-hybridized carbons (Fsp3) is 0.800. The highest BCUT2D eigenvalue weighted by Gasteiger charge is 1.84. The Bertz CT molecular complexity index is 205. The summed E-state index contributed by atoms with van der Waals surface area (Å²) in [5, 5.41) is 6.06. The number of guanidine groups is 1. The quantitative estimate of drug-likeness (QED) is 0.175. The minimum atomic E-state index is -4.67. The third kappa shape index (κ3) is 1810. The van der Waals surface area contributed by atoms with Crippen LogP contribution in [0.15, 0.2) is 0 Å². The molecule has 0 saturated heterocycles. The van der Waals surface area contributed by atoms with Gasteiger partial charge in [-0.25, -0.2) is 0 Å². The zero-order valence-electron chi connectivity index (χ0n) is 8.97. The van der Waals surface area contributed by atoms with Crippen LogP contribution in [0.1, 0.15) is 19.8 Å². The molecule has 0 rings (SSSR count). The predicted molar refractivity (Wildman–Crippen MR) is 61.5 cm³/mol. The first-order chi connectivity index (χ1) is 6.15. The summed E-state index contributed by atoms with van der Waals surface area (Å²) in [6.07, 6.45) is 2.39. The molecule has 0 bridgehead atoms. The normalized spacial score (nSPS) is 7.75. The smallest absolute Gasteiger partial charge is 0.394 e. The van der Waals surface area contributed by atoms with Crippen LogP contribution in [0.5, 0.6) is 0 Å². The SMILES string of the molecule is CCCCN.N=C(N)N.O.O.O=S(=O)(O)O. The number of hydrogen-bond donors (Lipinski definition) is 6. The fourth-order valence-electron chi connectivity index (χ4n) is 0.204. The van der Waals surface area contributed by atoms with Crippen molar-refractivity contribution in [1.82, 2.24) is 0 Å². The maximum absolute atomic E-state index is 8.74. The van der Waals surface area contributed by atoms with E-state index in [-0.39, 0.29) is 16.9 Å². The largest absolute Gasteiger partial charge is 0.412 e. The molecule has 0 fully saturated rings. The van der Waals surface area contributed by atoms with E-state index in [4.69, 9.17) is 28.7 Å². The summed E-state index contributed by atoms with van der Waals surface area (Å²) in [7, 11) is -4.67. The van der Waals surface area contributed by atoms with Crippen molar-refractivity contribution in [2.75, 3.05) is 6.54 Å². The number of nitrogens with two attached hydrogens (primary N) is 3. The summed E-state index contributed by atoms with van der Waals surface area (Å²) in [6, 6.07) is 0. The molecule has 0 heterocycles. The van der Waals surface area contributed by atoms with Crippen molar-refractivity contribution >= 4 is 16.4 Å². The summed E-state index contributed by atoms with van der Waals surface area (Å²) >= 11 is 0. The monoisotopic (exact) mass is 266 g/mol.